The highest BCUT2D eigenvalue weighted by molar-refractivity contribution is 7.18. The Bertz CT molecular complexity index is 720. The normalized spacial score (nSPS) is 12.6. The van der Waals surface area contributed by atoms with Crippen LogP contribution in [0.1, 0.15) is 36.2 Å². The molecule has 0 saturated heterocycles. The Labute approximate surface area is 126 Å². The van der Waals surface area contributed by atoms with Crippen molar-refractivity contribution < 1.29 is 14.3 Å². The van der Waals surface area contributed by atoms with Crippen molar-refractivity contribution in [2.45, 2.75) is 33.8 Å². The lowest BCUT2D eigenvalue weighted by Gasteiger charge is -2.12. The van der Waals surface area contributed by atoms with Crippen LogP contribution in [0.4, 0.5) is 0 Å². The third-order valence-corrected chi connectivity index (χ3v) is 4.28. The minimum atomic E-state index is -0.627. The van der Waals surface area contributed by atoms with E-state index < -0.39 is 12.1 Å². The molecule has 0 aliphatic rings. The van der Waals surface area contributed by atoms with Crippen LogP contribution in [0.25, 0.3) is 10.2 Å². The van der Waals surface area contributed by atoms with Crippen molar-refractivity contribution in [2.75, 3.05) is 13.2 Å². The van der Waals surface area contributed by atoms with Crippen LogP contribution in [-0.2, 0) is 14.3 Å². The minimum Gasteiger partial charge on any atom is -0.453 e. The Morgan fingerprint density at radius 3 is 2.81 bits per heavy atom. The van der Waals surface area contributed by atoms with Crippen LogP contribution in [0.5, 0.6) is 0 Å². The Morgan fingerprint density at radius 2 is 2.14 bits per heavy atom. The van der Waals surface area contributed by atoms with Gasteiger partial charge in [-0.05, 0) is 33.3 Å². The number of carbonyl (C=O) groups excluding carboxylic acids is 1. The molecule has 1 atom stereocenters. The largest absolute Gasteiger partial charge is 0.453 e. The SMILES string of the molecule is CCOCC(=O)O[C@H](C)c1nc2sc(C)c(C)c2c(=O)[nH]1. The third-order valence-electron chi connectivity index (χ3n) is 3.17. The summed E-state index contributed by atoms with van der Waals surface area (Å²) in [5.41, 5.74) is 0.737. The molecule has 2 heterocycles. The highest BCUT2D eigenvalue weighted by Crippen LogP contribution is 2.26. The lowest BCUT2D eigenvalue weighted by atomic mass is 10.2. The Kier molecular flexibility index (Phi) is 4.74. The van der Waals surface area contributed by atoms with Crippen molar-refractivity contribution >= 4 is 27.5 Å². The first-order valence-corrected chi connectivity index (χ1v) is 7.52. The fraction of sp³-hybridized carbons (Fsp3) is 0.500. The number of hydrogen-bond acceptors (Lipinski definition) is 6. The highest BCUT2D eigenvalue weighted by Gasteiger charge is 2.18. The number of nitrogens with one attached hydrogen (secondary N) is 1. The maximum atomic E-state index is 12.1. The molecule has 0 aromatic carbocycles. The Balaban J connectivity index is 2.26. The Morgan fingerprint density at radius 1 is 1.43 bits per heavy atom. The van der Waals surface area contributed by atoms with Gasteiger partial charge in [0.1, 0.15) is 11.4 Å². The molecule has 0 aliphatic carbocycles. The summed E-state index contributed by atoms with van der Waals surface area (Å²) < 4.78 is 10.2. The molecule has 114 valence electrons. The van der Waals surface area contributed by atoms with Crippen LogP contribution in [-0.4, -0.2) is 29.2 Å². The third kappa shape index (κ3) is 3.30. The summed E-state index contributed by atoms with van der Waals surface area (Å²) in [6, 6.07) is 0. The van der Waals surface area contributed by atoms with E-state index in [1.807, 2.05) is 13.8 Å². The van der Waals surface area contributed by atoms with E-state index in [9.17, 15) is 9.59 Å². The first kappa shape index (κ1) is 15.7. The van der Waals surface area contributed by atoms with E-state index in [2.05, 4.69) is 9.97 Å². The highest BCUT2D eigenvalue weighted by atomic mass is 32.1. The molecule has 0 amide bonds. The van der Waals surface area contributed by atoms with E-state index in [4.69, 9.17) is 9.47 Å². The minimum absolute atomic E-state index is 0.107. The number of thiophene rings is 1. The van der Waals surface area contributed by atoms with Gasteiger partial charge in [-0.2, -0.15) is 0 Å². The summed E-state index contributed by atoms with van der Waals surface area (Å²) in [6.07, 6.45) is -0.627. The van der Waals surface area contributed by atoms with Gasteiger partial charge in [0.15, 0.2) is 11.9 Å². The van der Waals surface area contributed by atoms with Crippen LogP contribution in [0.15, 0.2) is 4.79 Å². The summed E-state index contributed by atoms with van der Waals surface area (Å²) in [4.78, 5) is 32.5. The average Bonchev–Trinajstić information content (AvgIpc) is 2.72. The van der Waals surface area contributed by atoms with E-state index in [-0.39, 0.29) is 12.2 Å². The average molecular weight is 310 g/mol. The van der Waals surface area contributed by atoms with E-state index in [0.717, 1.165) is 10.4 Å². The van der Waals surface area contributed by atoms with Gasteiger partial charge >= 0.3 is 5.97 Å². The lowest BCUT2D eigenvalue weighted by Crippen LogP contribution is -2.19. The van der Waals surface area contributed by atoms with Crippen LogP contribution in [0.3, 0.4) is 0 Å². The first-order chi connectivity index (χ1) is 9.93. The van der Waals surface area contributed by atoms with Crippen LogP contribution in [0.2, 0.25) is 0 Å². The van der Waals surface area contributed by atoms with Gasteiger partial charge in [-0.15, -0.1) is 11.3 Å². The van der Waals surface area contributed by atoms with Crippen LogP contribution >= 0.6 is 11.3 Å². The standard InChI is InChI=1S/C14H18N2O4S/c1-5-19-6-10(17)20-8(3)12-15-13(18)11-7(2)9(4)21-14(11)16-12/h8H,5-6H2,1-4H3,(H,15,16,18)/t8-/m1/s1. The number of nitrogens with zero attached hydrogens (tertiary/aromatic N) is 1. The molecule has 2 rings (SSSR count). The second kappa shape index (κ2) is 6.36. The summed E-state index contributed by atoms with van der Waals surface area (Å²) >= 11 is 1.46. The molecule has 2 aromatic heterocycles. The molecule has 0 unspecified atom stereocenters. The quantitative estimate of drug-likeness (QED) is 0.857. The molecule has 0 aliphatic heterocycles. The summed E-state index contributed by atoms with van der Waals surface area (Å²) in [6.45, 7) is 7.65. The first-order valence-electron chi connectivity index (χ1n) is 6.71. The van der Waals surface area contributed by atoms with Gasteiger partial charge in [0.2, 0.25) is 0 Å². The van der Waals surface area contributed by atoms with Gasteiger partial charge in [0.05, 0.1) is 5.39 Å². The molecule has 0 bridgehead atoms. The van der Waals surface area contributed by atoms with Gasteiger partial charge in [-0.25, -0.2) is 9.78 Å². The fourth-order valence-electron chi connectivity index (χ4n) is 1.94. The van der Waals surface area contributed by atoms with Crippen molar-refractivity contribution in [3.63, 3.8) is 0 Å². The molecule has 6 nitrogen and oxygen atoms in total. The summed E-state index contributed by atoms with van der Waals surface area (Å²) in [5.74, 6) is -0.135. The van der Waals surface area contributed by atoms with Gasteiger partial charge in [-0.1, -0.05) is 0 Å². The van der Waals surface area contributed by atoms with E-state index in [1.165, 1.54) is 11.3 Å². The van der Waals surface area contributed by atoms with E-state index in [1.54, 1.807) is 13.8 Å². The molecular formula is C14H18N2O4S. The smallest absolute Gasteiger partial charge is 0.332 e. The van der Waals surface area contributed by atoms with Crippen molar-refractivity contribution in [3.8, 4) is 0 Å². The van der Waals surface area contributed by atoms with Crippen molar-refractivity contribution in [1.29, 1.82) is 0 Å². The number of aryl methyl sites for hydroxylation is 2. The maximum Gasteiger partial charge on any atom is 0.332 e. The molecule has 7 heteroatoms. The number of esters is 1. The van der Waals surface area contributed by atoms with Crippen LogP contribution < -0.4 is 5.56 Å². The molecule has 0 spiro atoms. The molecule has 0 radical (unpaired) electrons. The van der Waals surface area contributed by atoms with Crippen molar-refractivity contribution in [3.05, 3.63) is 26.6 Å². The monoisotopic (exact) mass is 310 g/mol. The summed E-state index contributed by atoms with van der Waals surface area (Å²) in [7, 11) is 0. The number of carbonyl (C=O) groups is 1. The predicted molar refractivity (Wildman–Crippen MR) is 80.7 cm³/mol. The molecule has 0 saturated carbocycles. The number of aromatic amines is 1. The number of aromatic nitrogens is 2. The summed E-state index contributed by atoms with van der Waals surface area (Å²) in [5, 5.41) is 0.606. The molecule has 21 heavy (non-hydrogen) atoms. The molecular weight excluding hydrogens is 292 g/mol. The number of hydrogen-bond donors (Lipinski definition) is 1. The molecule has 2 aromatic rings. The number of fused-ring (bicyclic) bond motifs is 1. The van der Waals surface area contributed by atoms with Gasteiger partial charge in [0.25, 0.3) is 5.56 Å². The predicted octanol–water partition coefficient (Wildman–Crippen LogP) is 2.24. The number of rotatable bonds is 5. The van der Waals surface area contributed by atoms with E-state index >= 15 is 0 Å². The maximum absolute atomic E-state index is 12.1. The van der Waals surface area contributed by atoms with Gasteiger partial charge in [0, 0.05) is 11.5 Å². The second-order valence-electron chi connectivity index (χ2n) is 4.68. The fourth-order valence-corrected chi connectivity index (χ4v) is 2.97. The van der Waals surface area contributed by atoms with Crippen LogP contribution in [0, 0.1) is 13.8 Å². The topological polar surface area (TPSA) is 81.3 Å². The van der Waals surface area contributed by atoms with E-state index in [0.29, 0.717) is 22.6 Å². The molecule has 0 fully saturated rings. The van der Waals surface area contributed by atoms with Crippen molar-refractivity contribution in [2.24, 2.45) is 0 Å². The Hall–Kier alpha value is -1.73. The zero-order valence-corrected chi connectivity index (χ0v) is 13.3. The zero-order chi connectivity index (χ0) is 15.6. The van der Waals surface area contributed by atoms with Gasteiger partial charge < -0.3 is 14.5 Å². The zero-order valence-electron chi connectivity index (χ0n) is 12.5. The van der Waals surface area contributed by atoms with Gasteiger partial charge in [-0.3, -0.25) is 4.79 Å². The number of ether oxygens (including phenoxy) is 2. The molecule has 1 N–H and O–H groups in total. The van der Waals surface area contributed by atoms with Crippen molar-refractivity contribution in [1.82, 2.24) is 9.97 Å². The number of H-pyrrole nitrogens is 1. The second-order valence-corrected chi connectivity index (χ2v) is 5.89. The lowest BCUT2D eigenvalue weighted by molar-refractivity contribution is -0.154.